The third kappa shape index (κ3) is 3.52. The molecule has 0 aromatic heterocycles. The summed E-state index contributed by atoms with van der Waals surface area (Å²) in [5, 5.41) is 13.1. The lowest BCUT2D eigenvalue weighted by Crippen LogP contribution is -2.48. The summed E-state index contributed by atoms with van der Waals surface area (Å²) in [7, 11) is 0. The van der Waals surface area contributed by atoms with Crippen LogP contribution in [-0.4, -0.2) is 17.8 Å². The second kappa shape index (κ2) is 6.45. The van der Waals surface area contributed by atoms with Gasteiger partial charge in [-0.1, -0.05) is 25.1 Å². The first-order valence-corrected chi connectivity index (χ1v) is 8.05. The molecule has 2 nitrogen and oxygen atoms in total. The number of nitrogens with one attached hydrogen (secondary N) is 1. The van der Waals surface area contributed by atoms with Gasteiger partial charge in [-0.05, 0) is 50.3 Å². The predicted octanol–water partition coefficient (Wildman–Crippen LogP) is 3.76. The molecule has 0 spiro atoms. The van der Waals surface area contributed by atoms with E-state index in [0.29, 0.717) is 5.92 Å². The SMILES string of the molecule is CCCNC(C#N)(CSc1ccccc1C)C1CC1. The van der Waals surface area contributed by atoms with Gasteiger partial charge in [-0.2, -0.15) is 5.26 Å². The van der Waals surface area contributed by atoms with Gasteiger partial charge in [-0.3, -0.25) is 5.32 Å². The molecule has 19 heavy (non-hydrogen) atoms. The molecule has 1 aliphatic carbocycles. The Balaban J connectivity index is 2.04. The molecule has 1 N–H and O–H groups in total. The Bertz CT molecular complexity index is 462. The summed E-state index contributed by atoms with van der Waals surface area (Å²) >= 11 is 1.81. The summed E-state index contributed by atoms with van der Waals surface area (Å²) in [5.41, 5.74) is 0.966. The van der Waals surface area contributed by atoms with Gasteiger partial charge in [-0.25, -0.2) is 0 Å². The van der Waals surface area contributed by atoms with Gasteiger partial charge in [0.2, 0.25) is 0 Å². The van der Waals surface area contributed by atoms with Crippen molar-refractivity contribution in [1.29, 1.82) is 5.26 Å². The Morgan fingerprint density at radius 1 is 1.42 bits per heavy atom. The summed E-state index contributed by atoms with van der Waals surface area (Å²) in [6.07, 6.45) is 3.46. The standard InChI is InChI=1S/C16H22N2S/c1-3-10-18-16(11-17,14-8-9-14)12-19-15-7-5-4-6-13(15)2/h4-7,14,18H,3,8-10,12H2,1-2H3. The van der Waals surface area contributed by atoms with Gasteiger partial charge in [0.05, 0.1) is 6.07 Å². The van der Waals surface area contributed by atoms with Crippen molar-refractivity contribution in [2.24, 2.45) is 5.92 Å². The first-order chi connectivity index (χ1) is 9.22. The fourth-order valence-electron chi connectivity index (χ4n) is 2.31. The maximum atomic E-state index is 9.64. The summed E-state index contributed by atoms with van der Waals surface area (Å²) in [6, 6.07) is 11.0. The van der Waals surface area contributed by atoms with Crippen molar-refractivity contribution in [2.45, 2.75) is 43.5 Å². The van der Waals surface area contributed by atoms with Crippen LogP contribution in [0.5, 0.6) is 0 Å². The average molecular weight is 274 g/mol. The third-order valence-electron chi connectivity index (χ3n) is 3.71. The van der Waals surface area contributed by atoms with Crippen molar-refractivity contribution >= 4 is 11.8 Å². The zero-order valence-corrected chi connectivity index (χ0v) is 12.6. The summed E-state index contributed by atoms with van der Waals surface area (Å²) in [4.78, 5) is 1.29. The first-order valence-electron chi connectivity index (χ1n) is 7.06. The molecule has 1 fully saturated rings. The van der Waals surface area contributed by atoms with E-state index < -0.39 is 0 Å². The molecule has 0 aliphatic heterocycles. The molecule has 0 bridgehead atoms. The van der Waals surface area contributed by atoms with Gasteiger partial charge in [-0.15, -0.1) is 11.8 Å². The van der Waals surface area contributed by atoms with Crippen LogP contribution in [0.1, 0.15) is 31.7 Å². The number of benzene rings is 1. The molecular formula is C16H22N2S. The van der Waals surface area contributed by atoms with Gasteiger partial charge < -0.3 is 0 Å². The minimum atomic E-state index is -0.330. The highest BCUT2D eigenvalue weighted by atomic mass is 32.2. The highest BCUT2D eigenvalue weighted by molar-refractivity contribution is 7.99. The topological polar surface area (TPSA) is 35.8 Å². The average Bonchev–Trinajstić information content (AvgIpc) is 3.26. The smallest absolute Gasteiger partial charge is 0.119 e. The van der Waals surface area contributed by atoms with Gasteiger partial charge in [0.25, 0.3) is 0 Å². The second-order valence-electron chi connectivity index (χ2n) is 5.34. The van der Waals surface area contributed by atoms with Gasteiger partial charge in [0, 0.05) is 10.6 Å². The van der Waals surface area contributed by atoms with Gasteiger partial charge in [0.1, 0.15) is 5.54 Å². The van der Waals surface area contributed by atoms with Crippen LogP contribution in [-0.2, 0) is 0 Å². The maximum absolute atomic E-state index is 9.64. The number of hydrogen-bond acceptors (Lipinski definition) is 3. The third-order valence-corrected chi connectivity index (χ3v) is 5.08. The van der Waals surface area contributed by atoms with Crippen molar-refractivity contribution < 1.29 is 0 Å². The fourth-order valence-corrected chi connectivity index (χ4v) is 3.57. The first kappa shape index (κ1) is 14.4. The van der Waals surface area contributed by atoms with E-state index in [0.717, 1.165) is 18.7 Å². The normalized spacial score (nSPS) is 17.7. The van der Waals surface area contributed by atoms with Crippen LogP contribution in [0.4, 0.5) is 0 Å². The van der Waals surface area contributed by atoms with E-state index in [-0.39, 0.29) is 5.54 Å². The lowest BCUT2D eigenvalue weighted by molar-refractivity contribution is 0.405. The fraction of sp³-hybridized carbons (Fsp3) is 0.562. The second-order valence-corrected chi connectivity index (χ2v) is 6.36. The molecule has 2 rings (SSSR count). The van der Waals surface area contributed by atoms with Crippen molar-refractivity contribution in [3.05, 3.63) is 29.8 Å². The zero-order chi connectivity index (χ0) is 13.7. The van der Waals surface area contributed by atoms with Gasteiger partial charge in [0.15, 0.2) is 0 Å². The molecule has 1 unspecified atom stereocenters. The summed E-state index contributed by atoms with van der Waals surface area (Å²) in [6.45, 7) is 5.21. The summed E-state index contributed by atoms with van der Waals surface area (Å²) < 4.78 is 0. The van der Waals surface area contributed by atoms with Crippen LogP contribution >= 0.6 is 11.8 Å². The molecule has 1 atom stereocenters. The largest absolute Gasteiger partial charge is 0.298 e. The van der Waals surface area contributed by atoms with E-state index in [1.54, 1.807) is 0 Å². The molecule has 1 aromatic carbocycles. The number of thioether (sulfide) groups is 1. The van der Waals surface area contributed by atoms with E-state index in [4.69, 9.17) is 0 Å². The van der Waals surface area contributed by atoms with Crippen LogP contribution in [0, 0.1) is 24.2 Å². The maximum Gasteiger partial charge on any atom is 0.119 e. The number of rotatable bonds is 7. The molecule has 0 amide bonds. The minimum absolute atomic E-state index is 0.330. The number of hydrogen-bond donors (Lipinski definition) is 1. The van der Waals surface area contributed by atoms with Crippen molar-refractivity contribution in [1.82, 2.24) is 5.32 Å². The Hall–Kier alpha value is -0.980. The van der Waals surface area contributed by atoms with E-state index >= 15 is 0 Å². The number of nitriles is 1. The van der Waals surface area contributed by atoms with Crippen molar-refractivity contribution in [3.63, 3.8) is 0 Å². The quantitative estimate of drug-likeness (QED) is 0.769. The number of nitrogens with zero attached hydrogens (tertiary/aromatic N) is 1. The van der Waals surface area contributed by atoms with E-state index in [9.17, 15) is 5.26 Å². The monoisotopic (exact) mass is 274 g/mol. The predicted molar refractivity (Wildman–Crippen MR) is 81.3 cm³/mol. The Morgan fingerprint density at radius 2 is 2.16 bits per heavy atom. The molecule has 102 valence electrons. The number of aryl methyl sites for hydroxylation is 1. The molecule has 1 aromatic rings. The van der Waals surface area contributed by atoms with Crippen LogP contribution in [0.25, 0.3) is 0 Å². The Kier molecular flexibility index (Phi) is 4.90. The molecule has 0 radical (unpaired) electrons. The van der Waals surface area contributed by atoms with Crippen LogP contribution in [0.2, 0.25) is 0 Å². The van der Waals surface area contributed by atoms with Gasteiger partial charge >= 0.3 is 0 Å². The Labute approximate surface area is 120 Å². The van der Waals surface area contributed by atoms with Crippen LogP contribution < -0.4 is 5.32 Å². The van der Waals surface area contributed by atoms with E-state index in [2.05, 4.69) is 49.5 Å². The molecule has 1 aliphatic rings. The highest BCUT2D eigenvalue weighted by Crippen LogP contribution is 2.42. The van der Waals surface area contributed by atoms with Crippen molar-refractivity contribution in [2.75, 3.05) is 12.3 Å². The molecular weight excluding hydrogens is 252 g/mol. The summed E-state index contributed by atoms with van der Waals surface area (Å²) in [5.74, 6) is 1.39. The molecule has 1 saturated carbocycles. The minimum Gasteiger partial charge on any atom is -0.298 e. The molecule has 0 heterocycles. The highest BCUT2D eigenvalue weighted by Gasteiger charge is 2.45. The van der Waals surface area contributed by atoms with Crippen molar-refractivity contribution in [3.8, 4) is 6.07 Å². The van der Waals surface area contributed by atoms with Crippen LogP contribution in [0.15, 0.2) is 29.2 Å². The van der Waals surface area contributed by atoms with E-state index in [1.807, 2.05) is 11.8 Å². The molecule has 3 heteroatoms. The lowest BCUT2D eigenvalue weighted by Gasteiger charge is -2.28. The lowest BCUT2D eigenvalue weighted by atomic mass is 9.97. The zero-order valence-electron chi connectivity index (χ0n) is 11.8. The van der Waals surface area contributed by atoms with E-state index in [1.165, 1.54) is 23.3 Å². The Morgan fingerprint density at radius 3 is 2.74 bits per heavy atom. The molecule has 0 saturated heterocycles. The van der Waals surface area contributed by atoms with Crippen LogP contribution in [0.3, 0.4) is 0 Å².